The number of amides is 2. The number of carbonyl (C=O) groups excluding carboxylic acids is 2. The van der Waals surface area contributed by atoms with Crippen LogP contribution in [0.25, 0.3) is 0 Å². The van der Waals surface area contributed by atoms with Crippen molar-refractivity contribution in [2.75, 3.05) is 26.4 Å². The number of aliphatic hydroxyl groups is 1. The quantitative estimate of drug-likeness (QED) is 0.291. The number of aliphatic hydroxyl groups excluding tert-OH is 1. The van der Waals surface area contributed by atoms with Gasteiger partial charge in [-0.3, -0.25) is 14.6 Å². The number of β-amino-alcohol motifs (C(OH)–C–C–N with tert-alkyl or cyclic N) is 1. The van der Waals surface area contributed by atoms with Crippen molar-refractivity contribution in [1.29, 1.82) is 0 Å². The Kier molecular flexibility index (Phi) is 11.5. The predicted octanol–water partition coefficient (Wildman–Crippen LogP) is 4.41. The number of nitrogens with one attached hydrogen (secondary N) is 1. The predicted molar refractivity (Wildman–Crippen MR) is 169 cm³/mol. The summed E-state index contributed by atoms with van der Waals surface area (Å²) in [5.41, 5.74) is 4.03. The highest BCUT2D eigenvalue weighted by molar-refractivity contribution is 8.13. The number of hydrogen-bond donors (Lipinski definition) is 2. The van der Waals surface area contributed by atoms with Crippen LogP contribution in [0.5, 0.6) is 5.88 Å². The van der Waals surface area contributed by atoms with Crippen molar-refractivity contribution in [2.24, 2.45) is 10.9 Å². The number of aliphatic imine (C=N–C) groups is 1. The van der Waals surface area contributed by atoms with Gasteiger partial charge in [-0.1, -0.05) is 38.1 Å². The molecule has 2 unspecified atom stereocenters. The molecule has 0 radical (unpaired) electrons. The second-order valence-corrected chi connectivity index (χ2v) is 13.1. The van der Waals surface area contributed by atoms with Crippen LogP contribution in [0.3, 0.4) is 0 Å². The van der Waals surface area contributed by atoms with Gasteiger partial charge in [0.1, 0.15) is 18.6 Å². The molecule has 1 aromatic heterocycles. The molecular weight excluding hydrogens is 584 g/mol. The Hall–Kier alpha value is -2.93. The first kappa shape index (κ1) is 34.0. The number of likely N-dealkylation sites (tertiary alicyclic amines) is 1. The van der Waals surface area contributed by atoms with Gasteiger partial charge in [-0.05, 0) is 56.8 Å². The van der Waals surface area contributed by atoms with E-state index in [0.29, 0.717) is 19.0 Å². The molecule has 1 saturated heterocycles. The largest absolute Gasteiger partial charge is 0.470 e. The fourth-order valence-electron chi connectivity index (χ4n) is 5.65. The van der Waals surface area contributed by atoms with Gasteiger partial charge in [-0.2, -0.15) is 0 Å². The Balaban J connectivity index is 1.42. The number of ether oxygens (including phenoxy) is 3. The van der Waals surface area contributed by atoms with E-state index in [1.165, 1.54) is 10.5 Å². The molecule has 11 nitrogen and oxygen atoms in total. The lowest BCUT2D eigenvalue weighted by molar-refractivity contribution is -0.153. The highest BCUT2D eigenvalue weighted by atomic mass is 32.2. The molecule has 0 saturated carbocycles. The zero-order valence-corrected chi connectivity index (χ0v) is 27.5. The lowest BCUT2D eigenvalue weighted by Crippen LogP contribution is -2.48. The summed E-state index contributed by atoms with van der Waals surface area (Å²) in [5, 5.41) is 17.6. The Morgan fingerprint density at radius 3 is 2.45 bits per heavy atom. The van der Waals surface area contributed by atoms with E-state index in [1.54, 1.807) is 17.8 Å². The van der Waals surface area contributed by atoms with Crippen molar-refractivity contribution in [2.45, 2.75) is 96.1 Å². The fourth-order valence-corrected chi connectivity index (χ4v) is 6.65. The van der Waals surface area contributed by atoms with Gasteiger partial charge in [-0.15, -0.1) is 11.8 Å². The summed E-state index contributed by atoms with van der Waals surface area (Å²) in [5.74, 6) is -0.977. The topological polar surface area (TPSA) is 136 Å². The van der Waals surface area contributed by atoms with E-state index in [9.17, 15) is 14.7 Å². The summed E-state index contributed by atoms with van der Waals surface area (Å²) >= 11 is 1.71. The second kappa shape index (κ2) is 14.9. The molecule has 44 heavy (non-hydrogen) atoms. The first-order chi connectivity index (χ1) is 21.0. The minimum Gasteiger partial charge on any atom is -0.470 e. The third kappa shape index (κ3) is 7.64. The molecule has 2 aliphatic rings. The number of aromatic nitrogens is 1. The summed E-state index contributed by atoms with van der Waals surface area (Å²) in [7, 11) is 0. The number of hydrogen-bond acceptors (Lipinski definition) is 10. The van der Waals surface area contributed by atoms with Gasteiger partial charge < -0.3 is 34.1 Å². The van der Waals surface area contributed by atoms with Gasteiger partial charge in [0.15, 0.2) is 12.1 Å². The Morgan fingerprint density at radius 2 is 1.86 bits per heavy atom. The van der Waals surface area contributed by atoms with E-state index >= 15 is 0 Å². The third-order valence-corrected chi connectivity index (χ3v) is 9.70. The Bertz CT molecular complexity index is 1280. The molecule has 6 atom stereocenters. The third-order valence-electron chi connectivity index (χ3n) is 8.41. The van der Waals surface area contributed by atoms with Crippen LogP contribution in [0.4, 0.5) is 0 Å². The van der Waals surface area contributed by atoms with Crippen molar-refractivity contribution in [3.8, 4) is 5.88 Å². The van der Waals surface area contributed by atoms with E-state index in [-0.39, 0.29) is 60.0 Å². The van der Waals surface area contributed by atoms with E-state index in [1.807, 2.05) is 52.3 Å². The van der Waals surface area contributed by atoms with Crippen molar-refractivity contribution >= 4 is 29.1 Å². The SMILES string of the molecule is CCOC(COc1cc([C@H](C(=O)N2C[C@H](O)C[C@H]2C(=O)N[C@@H](C)c2ccc(C3(C)SC=NC3C)cc2)C(C)C)on1)OCC. The molecular formula is C32H46N4O7S. The van der Waals surface area contributed by atoms with Crippen LogP contribution in [-0.2, 0) is 23.8 Å². The Labute approximate surface area is 264 Å². The lowest BCUT2D eigenvalue weighted by atomic mass is 9.91. The van der Waals surface area contributed by atoms with E-state index in [4.69, 9.17) is 18.7 Å². The van der Waals surface area contributed by atoms with Gasteiger partial charge in [0.2, 0.25) is 11.8 Å². The molecule has 0 aliphatic carbocycles. The maximum absolute atomic E-state index is 13.9. The number of benzene rings is 1. The van der Waals surface area contributed by atoms with E-state index in [2.05, 4.69) is 41.4 Å². The molecule has 2 aliphatic heterocycles. The van der Waals surface area contributed by atoms with E-state index in [0.717, 1.165) is 5.56 Å². The van der Waals surface area contributed by atoms with Crippen molar-refractivity contribution in [1.82, 2.24) is 15.4 Å². The maximum Gasteiger partial charge on any atom is 0.254 e. The summed E-state index contributed by atoms with van der Waals surface area (Å²) in [6.45, 7) is 14.8. The second-order valence-electron chi connectivity index (χ2n) is 11.8. The van der Waals surface area contributed by atoms with Crippen LogP contribution in [0.2, 0.25) is 0 Å². The van der Waals surface area contributed by atoms with Gasteiger partial charge in [0, 0.05) is 32.2 Å². The summed E-state index contributed by atoms with van der Waals surface area (Å²) in [4.78, 5) is 33.4. The normalized spacial score (nSPS) is 24.7. The average Bonchev–Trinajstić information content (AvgIpc) is 3.71. The zero-order chi connectivity index (χ0) is 32.0. The molecule has 2 aromatic rings. The Morgan fingerprint density at radius 1 is 1.18 bits per heavy atom. The minimum absolute atomic E-state index is 0.0572. The average molecular weight is 631 g/mol. The number of thioether (sulfide) groups is 1. The first-order valence-electron chi connectivity index (χ1n) is 15.4. The minimum atomic E-state index is -0.816. The molecule has 3 heterocycles. The van der Waals surface area contributed by atoms with Gasteiger partial charge in [0.05, 0.1) is 28.5 Å². The van der Waals surface area contributed by atoms with Crippen LogP contribution >= 0.6 is 11.8 Å². The number of carbonyl (C=O) groups is 2. The summed E-state index contributed by atoms with van der Waals surface area (Å²) in [6, 6.07) is 8.86. The van der Waals surface area contributed by atoms with Crippen molar-refractivity contribution in [3.63, 3.8) is 0 Å². The van der Waals surface area contributed by atoms with Crippen molar-refractivity contribution in [3.05, 3.63) is 47.2 Å². The van der Waals surface area contributed by atoms with Gasteiger partial charge >= 0.3 is 0 Å². The summed E-state index contributed by atoms with van der Waals surface area (Å²) < 4.78 is 22.1. The lowest BCUT2D eigenvalue weighted by Gasteiger charge is -2.30. The monoisotopic (exact) mass is 630 g/mol. The maximum atomic E-state index is 13.9. The number of nitrogens with zero attached hydrogens (tertiary/aromatic N) is 3. The van der Waals surface area contributed by atoms with Crippen LogP contribution in [0.15, 0.2) is 39.8 Å². The molecule has 2 N–H and O–H groups in total. The molecule has 1 fully saturated rings. The van der Waals surface area contributed by atoms with Crippen LogP contribution in [0, 0.1) is 5.92 Å². The van der Waals surface area contributed by atoms with Crippen LogP contribution in [-0.4, -0.2) is 83.4 Å². The molecule has 12 heteroatoms. The molecule has 0 bridgehead atoms. The van der Waals surface area contributed by atoms with Gasteiger partial charge in [0.25, 0.3) is 5.88 Å². The van der Waals surface area contributed by atoms with Gasteiger partial charge in [-0.25, -0.2) is 0 Å². The standard InChI is InChI=1S/C32H46N4O7S/c1-8-40-28(41-9-2)17-42-27-15-26(43-35-27)29(19(3)4)31(39)36-16-24(37)14-25(36)30(38)34-20(5)22-10-12-23(13-11-22)32(7)21(6)33-18-44-32/h10-13,15,18-21,24-25,28-29,37H,8-9,14,16-17H2,1-7H3,(H,34,38)/t20-,21?,24+,25-,29+,32?/m0/s1. The van der Waals surface area contributed by atoms with Crippen molar-refractivity contribution < 1.29 is 33.4 Å². The zero-order valence-electron chi connectivity index (χ0n) is 26.7. The smallest absolute Gasteiger partial charge is 0.254 e. The summed E-state index contributed by atoms with van der Waals surface area (Å²) in [6.07, 6.45) is -1.21. The fraction of sp³-hybridized carbons (Fsp3) is 0.625. The molecule has 2 amide bonds. The highest BCUT2D eigenvalue weighted by Crippen LogP contribution is 2.43. The molecule has 1 aromatic carbocycles. The molecule has 4 rings (SSSR count). The highest BCUT2D eigenvalue weighted by Gasteiger charge is 2.43. The van der Waals surface area contributed by atoms with Crippen LogP contribution in [0.1, 0.15) is 83.7 Å². The van der Waals surface area contributed by atoms with E-state index < -0.39 is 24.4 Å². The number of rotatable bonds is 14. The van der Waals surface area contributed by atoms with Crippen LogP contribution < -0.4 is 10.1 Å². The first-order valence-corrected chi connectivity index (χ1v) is 16.3. The molecule has 0 spiro atoms. The molecule has 242 valence electrons.